The summed E-state index contributed by atoms with van der Waals surface area (Å²) in [7, 11) is 0. The first-order valence-corrected chi connectivity index (χ1v) is 10.4. The summed E-state index contributed by atoms with van der Waals surface area (Å²) in [5.41, 5.74) is 0.898. The van der Waals surface area contributed by atoms with Crippen LogP contribution in [0.1, 0.15) is 85.9 Å². The van der Waals surface area contributed by atoms with Crippen LogP contribution in [0.5, 0.6) is 0 Å². The van der Waals surface area contributed by atoms with Gasteiger partial charge in [-0.1, -0.05) is 38.2 Å². The first-order valence-electron chi connectivity index (χ1n) is 10.4. The van der Waals surface area contributed by atoms with E-state index in [4.69, 9.17) is 9.47 Å². The van der Waals surface area contributed by atoms with Gasteiger partial charge < -0.3 is 9.47 Å². The van der Waals surface area contributed by atoms with Gasteiger partial charge in [-0.05, 0) is 75.6 Å². The molecule has 0 spiro atoms. The Bertz CT molecular complexity index is 559. The molecule has 0 bridgehead atoms. The van der Waals surface area contributed by atoms with Crippen molar-refractivity contribution in [1.82, 2.24) is 0 Å². The topological polar surface area (TPSA) is 52.6 Å². The molecule has 1 aromatic carbocycles. The number of carbonyl (C=O) groups is 2. The summed E-state index contributed by atoms with van der Waals surface area (Å²) < 4.78 is 10.5. The van der Waals surface area contributed by atoms with E-state index in [0.717, 1.165) is 51.4 Å². The second-order valence-electron chi connectivity index (χ2n) is 6.60. The standard InChI is InChI=1S/C24H34O4/c1-3-5-7-9-11-13-19-27-23(25)21-15-17-22(18-16-21)24(26)28-20-14-12-10-8-6-4-2/h5-8,15-18H,3-4,9-14,19-20H2,1-2H3/b7-5-,8-6-. The lowest BCUT2D eigenvalue weighted by atomic mass is 10.1. The van der Waals surface area contributed by atoms with Crippen molar-refractivity contribution >= 4 is 11.9 Å². The van der Waals surface area contributed by atoms with E-state index in [1.807, 2.05) is 0 Å². The van der Waals surface area contributed by atoms with Crippen LogP contribution in [0, 0.1) is 0 Å². The average Bonchev–Trinajstić information content (AvgIpc) is 2.72. The molecule has 0 aliphatic carbocycles. The molecular formula is C24H34O4. The molecule has 0 saturated carbocycles. The lowest BCUT2D eigenvalue weighted by molar-refractivity contribution is 0.0484. The molecule has 28 heavy (non-hydrogen) atoms. The molecule has 0 aliphatic rings. The molecule has 1 rings (SSSR count). The van der Waals surface area contributed by atoms with Gasteiger partial charge in [0.25, 0.3) is 0 Å². The lowest BCUT2D eigenvalue weighted by Gasteiger charge is -2.06. The van der Waals surface area contributed by atoms with Crippen molar-refractivity contribution in [3.05, 3.63) is 59.7 Å². The molecular weight excluding hydrogens is 352 g/mol. The van der Waals surface area contributed by atoms with E-state index in [0.29, 0.717) is 24.3 Å². The molecule has 0 amide bonds. The Labute approximate surface area is 169 Å². The third-order valence-electron chi connectivity index (χ3n) is 4.16. The number of carbonyl (C=O) groups excluding carboxylic acids is 2. The normalized spacial score (nSPS) is 11.2. The van der Waals surface area contributed by atoms with Crippen LogP contribution >= 0.6 is 0 Å². The molecule has 154 valence electrons. The van der Waals surface area contributed by atoms with Crippen LogP contribution in [0.4, 0.5) is 0 Å². The molecule has 0 fully saturated rings. The lowest BCUT2D eigenvalue weighted by Crippen LogP contribution is -2.09. The number of ether oxygens (including phenoxy) is 2. The predicted molar refractivity (Wildman–Crippen MR) is 114 cm³/mol. The Morgan fingerprint density at radius 1 is 0.679 bits per heavy atom. The maximum absolute atomic E-state index is 12.0. The fourth-order valence-electron chi connectivity index (χ4n) is 2.54. The summed E-state index contributed by atoms with van der Waals surface area (Å²) in [6.45, 7) is 5.04. The molecule has 4 nitrogen and oxygen atoms in total. The van der Waals surface area contributed by atoms with Gasteiger partial charge in [-0.15, -0.1) is 0 Å². The molecule has 0 N–H and O–H groups in total. The Kier molecular flexibility index (Phi) is 13.3. The van der Waals surface area contributed by atoms with Crippen LogP contribution in [0.3, 0.4) is 0 Å². The van der Waals surface area contributed by atoms with Crippen molar-refractivity contribution in [2.24, 2.45) is 0 Å². The number of allylic oxidation sites excluding steroid dienone is 4. The maximum atomic E-state index is 12.0. The van der Waals surface area contributed by atoms with Crippen LogP contribution in [-0.2, 0) is 9.47 Å². The summed E-state index contributed by atoms with van der Waals surface area (Å²) in [4.78, 5) is 24.0. The quantitative estimate of drug-likeness (QED) is 0.215. The Balaban J connectivity index is 2.25. The SMILES string of the molecule is CC/C=C\CCCCOC(=O)c1ccc(C(=O)OCCCC/C=C\CC)cc1. The molecule has 0 aromatic heterocycles. The van der Waals surface area contributed by atoms with Crippen LogP contribution in [0.25, 0.3) is 0 Å². The van der Waals surface area contributed by atoms with E-state index in [9.17, 15) is 9.59 Å². The van der Waals surface area contributed by atoms with Crippen LogP contribution in [0.15, 0.2) is 48.6 Å². The van der Waals surface area contributed by atoms with E-state index >= 15 is 0 Å². The summed E-state index contributed by atoms with van der Waals surface area (Å²) in [5, 5.41) is 0. The highest BCUT2D eigenvalue weighted by Gasteiger charge is 2.10. The van der Waals surface area contributed by atoms with E-state index in [-0.39, 0.29) is 11.9 Å². The van der Waals surface area contributed by atoms with Gasteiger partial charge in [-0.25, -0.2) is 9.59 Å². The zero-order valence-corrected chi connectivity index (χ0v) is 17.3. The monoisotopic (exact) mass is 386 g/mol. The molecule has 4 heteroatoms. The maximum Gasteiger partial charge on any atom is 0.338 e. The van der Waals surface area contributed by atoms with Crippen molar-refractivity contribution in [2.75, 3.05) is 13.2 Å². The molecule has 0 saturated heterocycles. The summed E-state index contributed by atoms with van der Waals surface area (Å²) in [6, 6.07) is 6.44. The molecule has 0 radical (unpaired) electrons. The second kappa shape index (κ2) is 15.7. The van der Waals surface area contributed by atoms with Crippen LogP contribution < -0.4 is 0 Å². The minimum atomic E-state index is -0.357. The number of rotatable bonds is 14. The van der Waals surface area contributed by atoms with Gasteiger partial charge >= 0.3 is 11.9 Å². The van der Waals surface area contributed by atoms with Crippen molar-refractivity contribution in [2.45, 2.75) is 65.2 Å². The molecule has 0 unspecified atom stereocenters. The third kappa shape index (κ3) is 10.7. The van der Waals surface area contributed by atoms with Gasteiger partial charge in [0, 0.05) is 0 Å². The highest BCUT2D eigenvalue weighted by molar-refractivity contribution is 5.93. The first kappa shape index (κ1) is 23.7. The molecule has 0 heterocycles. The number of esters is 2. The fourth-order valence-corrected chi connectivity index (χ4v) is 2.54. The van der Waals surface area contributed by atoms with Gasteiger partial charge in [0.15, 0.2) is 0 Å². The summed E-state index contributed by atoms with van der Waals surface area (Å²) in [6.07, 6.45) is 16.4. The molecule has 0 aliphatic heterocycles. The average molecular weight is 387 g/mol. The number of hydrogen-bond donors (Lipinski definition) is 0. The van der Waals surface area contributed by atoms with Crippen LogP contribution in [-0.4, -0.2) is 25.2 Å². The Morgan fingerprint density at radius 2 is 1.07 bits per heavy atom. The van der Waals surface area contributed by atoms with Gasteiger partial charge in [0.05, 0.1) is 24.3 Å². The van der Waals surface area contributed by atoms with Crippen molar-refractivity contribution in [3.8, 4) is 0 Å². The molecule has 1 aromatic rings. The van der Waals surface area contributed by atoms with Gasteiger partial charge in [0.1, 0.15) is 0 Å². The minimum Gasteiger partial charge on any atom is -0.462 e. The van der Waals surface area contributed by atoms with Crippen molar-refractivity contribution in [1.29, 1.82) is 0 Å². The summed E-state index contributed by atoms with van der Waals surface area (Å²) >= 11 is 0. The Hall–Kier alpha value is -2.36. The van der Waals surface area contributed by atoms with Gasteiger partial charge in [-0.2, -0.15) is 0 Å². The summed E-state index contributed by atoms with van der Waals surface area (Å²) in [5.74, 6) is -0.715. The second-order valence-corrected chi connectivity index (χ2v) is 6.60. The predicted octanol–water partition coefficient (Wildman–Crippen LogP) is 6.27. The minimum absolute atomic E-state index is 0.357. The largest absolute Gasteiger partial charge is 0.462 e. The van der Waals surface area contributed by atoms with E-state index in [1.54, 1.807) is 24.3 Å². The third-order valence-corrected chi connectivity index (χ3v) is 4.16. The van der Waals surface area contributed by atoms with Crippen molar-refractivity contribution < 1.29 is 19.1 Å². The van der Waals surface area contributed by atoms with Gasteiger partial charge in [-0.3, -0.25) is 0 Å². The van der Waals surface area contributed by atoms with E-state index in [1.165, 1.54) is 0 Å². The Morgan fingerprint density at radius 3 is 1.43 bits per heavy atom. The van der Waals surface area contributed by atoms with Gasteiger partial charge in [0.2, 0.25) is 0 Å². The molecule has 0 atom stereocenters. The number of benzene rings is 1. The van der Waals surface area contributed by atoms with E-state index in [2.05, 4.69) is 38.2 Å². The number of hydrogen-bond acceptors (Lipinski definition) is 4. The van der Waals surface area contributed by atoms with E-state index < -0.39 is 0 Å². The highest BCUT2D eigenvalue weighted by atomic mass is 16.5. The zero-order chi connectivity index (χ0) is 20.5. The smallest absolute Gasteiger partial charge is 0.338 e. The first-order chi connectivity index (χ1) is 13.7. The fraction of sp³-hybridized carbons (Fsp3) is 0.500. The highest BCUT2D eigenvalue weighted by Crippen LogP contribution is 2.09. The number of unbranched alkanes of at least 4 members (excludes halogenated alkanes) is 4. The van der Waals surface area contributed by atoms with Crippen molar-refractivity contribution in [3.63, 3.8) is 0 Å². The zero-order valence-electron chi connectivity index (χ0n) is 17.3. The van der Waals surface area contributed by atoms with Crippen LogP contribution in [0.2, 0.25) is 0 Å².